The summed E-state index contributed by atoms with van der Waals surface area (Å²) in [6.45, 7) is 1.99. The van der Waals surface area contributed by atoms with Gasteiger partial charge >= 0.3 is 11.9 Å². The highest BCUT2D eigenvalue weighted by Crippen LogP contribution is 2.02. The first-order valence-electron chi connectivity index (χ1n) is 8.56. The summed E-state index contributed by atoms with van der Waals surface area (Å²) in [5.74, 6) is -1.48. The highest BCUT2D eigenvalue weighted by atomic mass is 16.6. The molecule has 0 aromatic rings. The zero-order valence-electron chi connectivity index (χ0n) is 14.9. The second-order valence-corrected chi connectivity index (χ2v) is 5.65. The number of rotatable bonds is 12. The van der Waals surface area contributed by atoms with E-state index in [-0.39, 0.29) is 18.9 Å². The van der Waals surface area contributed by atoms with Crippen molar-refractivity contribution in [3.63, 3.8) is 0 Å². The highest BCUT2D eigenvalue weighted by molar-refractivity contribution is 5.88. The van der Waals surface area contributed by atoms with Gasteiger partial charge in [-0.1, -0.05) is 44.1 Å². The number of unbranched alkanes of at least 4 members (excludes halogenated alkanes) is 4. The number of nitrogens with one attached hydrogen (secondary N) is 1. The molecule has 0 aliphatic carbocycles. The van der Waals surface area contributed by atoms with E-state index in [1.165, 1.54) is 31.2 Å². The summed E-state index contributed by atoms with van der Waals surface area (Å²) in [5, 5.41) is 7.12. The van der Waals surface area contributed by atoms with Crippen molar-refractivity contribution < 1.29 is 14.3 Å². The van der Waals surface area contributed by atoms with Crippen LogP contribution in [0.4, 0.5) is 0 Å². The Labute approximate surface area is 145 Å². The Kier molecular flexibility index (Phi) is 13.2. The second-order valence-electron chi connectivity index (χ2n) is 5.65. The Hall–Kier alpha value is -2.11. The van der Waals surface area contributed by atoms with Gasteiger partial charge in [0.2, 0.25) is 0 Å². The number of guanidine groups is 1. The summed E-state index contributed by atoms with van der Waals surface area (Å²) in [6.07, 6.45) is 15.9. The van der Waals surface area contributed by atoms with E-state index in [9.17, 15) is 9.59 Å². The molecule has 0 aromatic heterocycles. The maximum Gasteiger partial charge on any atom is 0.333 e. The van der Waals surface area contributed by atoms with Crippen molar-refractivity contribution in [1.82, 2.24) is 4.90 Å². The van der Waals surface area contributed by atoms with Gasteiger partial charge in [-0.3, -0.25) is 10.2 Å². The first kappa shape index (κ1) is 21.9. The van der Waals surface area contributed by atoms with Gasteiger partial charge < -0.3 is 15.4 Å². The monoisotopic (exact) mass is 337 g/mol. The van der Waals surface area contributed by atoms with Gasteiger partial charge in [0.05, 0.1) is 0 Å². The predicted octanol–water partition coefficient (Wildman–Crippen LogP) is 3.13. The van der Waals surface area contributed by atoms with Gasteiger partial charge in [-0.2, -0.15) is 0 Å². The number of esters is 2. The van der Waals surface area contributed by atoms with Crippen molar-refractivity contribution in [2.45, 2.75) is 58.3 Å². The van der Waals surface area contributed by atoms with Gasteiger partial charge in [0.25, 0.3) is 0 Å². The molecule has 0 radical (unpaired) electrons. The summed E-state index contributed by atoms with van der Waals surface area (Å²) in [6, 6.07) is 0. The molecule has 6 nitrogen and oxygen atoms in total. The average Bonchev–Trinajstić information content (AvgIpc) is 2.52. The number of likely N-dealkylation sites (N-methyl/N-ethyl adjacent to an activating group) is 1. The third-order valence-corrected chi connectivity index (χ3v) is 3.34. The summed E-state index contributed by atoms with van der Waals surface area (Å²) in [7, 11) is 1.48. The van der Waals surface area contributed by atoms with E-state index in [1.54, 1.807) is 0 Å². The fraction of sp³-hybridized carbons (Fsp3) is 0.611. The minimum Gasteiger partial charge on any atom is -0.392 e. The van der Waals surface area contributed by atoms with Crippen molar-refractivity contribution in [3.8, 4) is 0 Å². The Bertz CT molecular complexity index is 445. The lowest BCUT2D eigenvalue weighted by Gasteiger charge is -2.14. The molecule has 0 saturated heterocycles. The van der Waals surface area contributed by atoms with Gasteiger partial charge in [-0.15, -0.1) is 0 Å². The topological polar surface area (TPSA) is 96.5 Å². The number of hydrogen-bond donors (Lipinski definition) is 2. The Morgan fingerprint density at radius 3 is 2.25 bits per heavy atom. The lowest BCUT2D eigenvalue weighted by molar-refractivity contribution is -0.159. The molecule has 0 atom stereocenters. The SMILES string of the molecule is CCCCC/C=C\C/C=C\CCCC(=O)OC(=O)CN(C)C(=N)N. The number of carbonyl (C=O) groups is 2. The van der Waals surface area contributed by atoms with Gasteiger partial charge in [-0.25, -0.2) is 4.79 Å². The fourth-order valence-electron chi connectivity index (χ4n) is 1.87. The molecular weight excluding hydrogens is 306 g/mol. The quantitative estimate of drug-likeness (QED) is 0.142. The van der Waals surface area contributed by atoms with Crippen LogP contribution in [-0.2, 0) is 14.3 Å². The fourth-order valence-corrected chi connectivity index (χ4v) is 1.87. The van der Waals surface area contributed by atoms with Crippen molar-refractivity contribution in [2.24, 2.45) is 5.73 Å². The van der Waals surface area contributed by atoms with Crippen LogP contribution in [0, 0.1) is 5.41 Å². The standard InChI is InChI=1S/C18H31N3O3/c1-3-4-5-6-7-8-9-10-11-12-13-14-16(22)24-17(23)15-21(2)18(19)20/h7-8,10-11H,3-6,9,12-15H2,1-2H3,(H3,19,20)/b8-7-,11-10-. The van der Waals surface area contributed by atoms with Crippen LogP contribution in [0.2, 0.25) is 0 Å². The molecule has 6 heteroatoms. The van der Waals surface area contributed by atoms with Gasteiger partial charge in [0.15, 0.2) is 5.96 Å². The van der Waals surface area contributed by atoms with Crippen LogP contribution in [0.15, 0.2) is 24.3 Å². The van der Waals surface area contributed by atoms with Crippen LogP contribution >= 0.6 is 0 Å². The molecular formula is C18H31N3O3. The molecule has 0 rings (SSSR count). The molecule has 0 heterocycles. The van der Waals surface area contributed by atoms with Gasteiger partial charge in [0.1, 0.15) is 6.54 Å². The maximum absolute atomic E-state index is 11.5. The lowest BCUT2D eigenvalue weighted by Crippen LogP contribution is -2.37. The van der Waals surface area contributed by atoms with Crippen LogP contribution in [0.1, 0.15) is 58.3 Å². The molecule has 0 amide bonds. The number of carbonyl (C=O) groups excluding carboxylic acids is 2. The van der Waals surface area contributed by atoms with Crippen molar-refractivity contribution in [1.29, 1.82) is 5.41 Å². The predicted molar refractivity (Wildman–Crippen MR) is 96.5 cm³/mol. The third-order valence-electron chi connectivity index (χ3n) is 3.34. The maximum atomic E-state index is 11.5. The van der Waals surface area contributed by atoms with E-state index in [1.807, 2.05) is 6.08 Å². The molecule has 0 spiro atoms. The first-order valence-corrected chi connectivity index (χ1v) is 8.56. The van der Waals surface area contributed by atoms with E-state index >= 15 is 0 Å². The molecule has 0 saturated carbocycles. The summed E-state index contributed by atoms with van der Waals surface area (Å²) < 4.78 is 4.66. The minimum absolute atomic E-state index is 0.201. The molecule has 136 valence electrons. The largest absolute Gasteiger partial charge is 0.392 e. The van der Waals surface area contributed by atoms with Crippen molar-refractivity contribution in [3.05, 3.63) is 24.3 Å². The summed E-state index contributed by atoms with van der Waals surface area (Å²) in [5.41, 5.74) is 5.20. The zero-order valence-corrected chi connectivity index (χ0v) is 14.9. The molecule has 3 N–H and O–H groups in total. The molecule has 0 aliphatic rings. The van der Waals surface area contributed by atoms with Gasteiger partial charge in [-0.05, 0) is 32.1 Å². The van der Waals surface area contributed by atoms with E-state index in [2.05, 4.69) is 29.9 Å². The third kappa shape index (κ3) is 13.5. The lowest BCUT2D eigenvalue weighted by atomic mass is 10.2. The number of allylic oxidation sites excluding steroid dienone is 4. The Morgan fingerprint density at radius 2 is 1.67 bits per heavy atom. The van der Waals surface area contributed by atoms with Crippen LogP contribution in [0.25, 0.3) is 0 Å². The van der Waals surface area contributed by atoms with E-state index < -0.39 is 11.9 Å². The van der Waals surface area contributed by atoms with Crippen LogP contribution in [-0.4, -0.2) is 36.4 Å². The number of hydrogen-bond acceptors (Lipinski definition) is 4. The smallest absolute Gasteiger partial charge is 0.333 e. The van der Waals surface area contributed by atoms with Crippen LogP contribution in [0.5, 0.6) is 0 Å². The average molecular weight is 337 g/mol. The number of nitrogens with zero attached hydrogens (tertiary/aromatic N) is 1. The normalized spacial score (nSPS) is 11.1. The summed E-state index contributed by atoms with van der Waals surface area (Å²) in [4.78, 5) is 24.1. The second kappa shape index (κ2) is 14.5. The minimum atomic E-state index is -0.693. The molecule has 0 fully saturated rings. The Morgan fingerprint density at radius 1 is 1.04 bits per heavy atom. The first-order chi connectivity index (χ1) is 11.5. The molecule has 24 heavy (non-hydrogen) atoms. The molecule has 0 bridgehead atoms. The van der Waals surface area contributed by atoms with E-state index in [0.717, 1.165) is 19.3 Å². The van der Waals surface area contributed by atoms with Crippen molar-refractivity contribution >= 4 is 17.9 Å². The van der Waals surface area contributed by atoms with Crippen molar-refractivity contribution in [2.75, 3.05) is 13.6 Å². The number of ether oxygens (including phenoxy) is 1. The molecule has 0 unspecified atom stereocenters. The van der Waals surface area contributed by atoms with E-state index in [0.29, 0.717) is 6.42 Å². The Balaban J connectivity index is 3.66. The highest BCUT2D eigenvalue weighted by Gasteiger charge is 2.13. The zero-order chi connectivity index (χ0) is 18.2. The van der Waals surface area contributed by atoms with Crippen LogP contribution < -0.4 is 5.73 Å². The van der Waals surface area contributed by atoms with Crippen LogP contribution in [0.3, 0.4) is 0 Å². The number of nitrogens with two attached hydrogens (primary N) is 1. The van der Waals surface area contributed by atoms with Gasteiger partial charge in [0, 0.05) is 13.5 Å². The summed E-state index contributed by atoms with van der Waals surface area (Å²) >= 11 is 0. The van der Waals surface area contributed by atoms with E-state index in [4.69, 9.17) is 11.1 Å². The molecule has 0 aliphatic heterocycles. The molecule has 0 aromatic carbocycles.